The van der Waals surface area contributed by atoms with Gasteiger partial charge in [-0.1, -0.05) is 60.2 Å². The fraction of sp³-hybridized carbons (Fsp3) is 0.167. The first-order valence-electron chi connectivity index (χ1n) is 9.32. The molecular formula is C24H24N2O2. The zero-order chi connectivity index (χ0) is 19.9. The van der Waals surface area contributed by atoms with Crippen LogP contribution in [0.4, 0.5) is 5.69 Å². The number of carbonyl (C=O) groups is 2. The van der Waals surface area contributed by atoms with Gasteiger partial charge < -0.3 is 10.6 Å². The van der Waals surface area contributed by atoms with Crippen LogP contribution in [-0.2, 0) is 11.2 Å². The fourth-order valence-electron chi connectivity index (χ4n) is 3.06. The number of benzene rings is 3. The van der Waals surface area contributed by atoms with E-state index in [0.29, 0.717) is 17.7 Å². The quantitative estimate of drug-likeness (QED) is 0.661. The van der Waals surface area contributed by atoms with Crippen LogP contribution in [0.5, 0.6) is 0 Å². The van der Waals surface area contributed by atoms with Crippen molar-refractivity contribution >= 4 is 17.5 Å². The average molecular weight is 372 g/mol. The van der Waals surface area contributed by atoms with Crippen molar-refractivity contribution in [2.45, 2.75) is 26.3 Å². The van der Waals surface area contributed by atoms with Crippen LogP contribution < -0.4 is 10.6 Å². The van der Waals surface area contributed by atoms with E-state index in [1.165, 1.54) is 0 Å². The molecule has 4 heteroatoms. The lowest BCUT2D eigenvalue weighted by Crippen LogP contribution is -2.28. The van der Waals surface area contributed by atoms with E-state index in [2.05, 4.69) is 10.6 Å². The third-order valence-electron chi connectivity index (χ3n) is 4.51. The second-order valence-electron chi connectivity index (χ2n) is 6.90. The Hall–Kier alpha value is -3.40. The summed E-state index contributed by atoms with van der Waals surface area (Å²) < 4.78 is 0. The highest BCUT2D eigenvalue weighted by molar-refractivity contribution is 6.04. The number of aryl methyl sites for hydroxylation is 1. The molecule has 0 spiro atoms. The molecule has 0 fully saturated rings. The van der Waals surface area contributed by atoms with Crippen molar-refractivity contribution in [1.29, 1.82) is 0 Å². The Morgan fingerprint density at radius 3 is 2.39 bits per heavy atom. The number of anilines is 1. The highest BCUT2D eigenvalue weighted by Gasteiger charge is 2.12. The normalized spacial score (nSPS) is 11.5. The van der Waals surface area contributed by atoms with Crippen LogP contribution >= 0.6 is 0 Å². The maximum absolute atomic E-state index is 12.4. The molecule has 28 heavy (non-hydrogen) atoms. The number of hydrogen-bond acceptors (Lipinski definition) is 2. The Balaban J connectivity index is 1.62. The maximum Gasteiger partial charge on any atom is 0.255 e. The van der Waals surface area contributed by atoms with E-state index in [1.54, 1.807) is 12.1 Å². The smallest absolute Gasteiger partial charge is 0.255 e. The summed E-state index contributed by atoms with van der Waals surface area (Å²) in [6, 6.07) is 24.4. The zero-order valence-electron chi connectivity index (χ0n) is 16.1. The van der Waals surface area contributed by atoms with Crippen LogP contribution in [0.15, 0.2) is 78.9 Å². The molecule has 2 N–H and O–H groups in total. The Morgan fingerprint density at radius 1 is 0.893 bits per heavy atom. The van der Waals surface area contributed by atoms with Crippen molar-refractivity contribution in [3.05, 3.63) is 101 Å². The van der Waals surface area contributed by atoms with E-state index in [-0.39, 0.29) is 17.9 Å². The highest BCUT2D eigenvalue weighted by Crippen LogP contribution is 2.18. The van der Waals surface area contributed by atoms with Crippen LogP contribution in [-0.4, -0.2) is 11.8 Å². The van der Waals surface area contributed by atoms with Crippen molar-refractivity contribution in [2.75, 3.05) is 5.32 Å². The molecule has 3 aromatic carbocycles. The van der Waals surface area contributed by atoms with E-state index < -0.39 is 0 Å². The van der Waals surface area contributed by atoms with E-state index >= 15 is 0 Å². The third-order valence-corrected chi connectivity index (χ3v) is 4.51. The summed E-state index contributed by atoms with van der Waals surface area (Å²) >= 11 is 0. The summed E-state index contributed by atoms with van der Waals surface area (Å²) in [5, 5.41) is 5.93. The Labute approximate surface area is 165 Å². The first-order chi connectivity index (χ1) is 13.5. The van der Waals surface area contributed by atoms with Crippen LogP contribution in [0.3, 0.4) is 0 Å². The molecule has 0 radical (unpaired) electrons. The Bertz CT molecular complexity index is 967. The van der Waals surface area contributed by atoms with E-state index in [4.69, 9.17) is 0 Å². The van der Waals surface area contributed by atoms with Gasteiger partial charge in [-0.15, -0.1) is 0 Å². The highest BCUT2D eigenvalue weighted by atomic mass is 16.2. The summed E-state index contributed by atoms with van der Waals surface area (Å²) in [5.74, 6) is -0.189. The lowest BCUT2D eigenvalue weighted by Gasteiger charge is -2.16. The van der Waals surface area contributed by atoms with Gasteiger partial charge in [-0.05, 0) is 49.2 Å². The van der Waals surface area contributed by atoms with Crippen molar-refractivity contribution in [2.24, 2.45) is 0 Å². The monoisotopic (exact) mass is 372 g/mol. The summed E-state index contributed by atoms with van der Waals surface area (Å²) in [5.41, 5.74) is 4.37. The van der Waals surface area contributed by atoms with Gasteiger partial charge in [0.1, 0.15) is 0 Å². The molecule has 0 bridgehead atoms. The van der Waals surface area contributed by atoms with Gasteiger partial charge >= 0.3 is 0 Å². The number of carbonyl (C=O) groups excluding carboxylic acids is 2. The zero-order valence-corrected chi connectivity index (χ0v) is 16.1. The molecule has 3 aromatic rings. The SMILES string of the molecule is Cc1cccc(CC(=O)NC(C)c2cccc(NC(=O)c3ccccc3)c2)c1. The van der Waals surface area contributed by atoms with Gasteiger partial charge in [0.15, 0.2) is 0 Å². The van der Waals surface area contributed by atoms with Crippen molar-refractivity contribution in [1.82, 2.24) is 5.32 Å². The molecule has 0 aliphatic rings. The van der Waals surface area contributed by atoms with Crippen LogP contribution in [0.2, 0.25) is 0 Å². The minimum Gasteiger partial charge on any atom is -0.349 e. The van der Waals surface area contributed by atoms with Gasteiger partial charge in [0.25, 0.3) is 5.91 Å². The summed E-state index contributed by atoms with van der Waals surface area (Å²) in [6.45, 7) is 3.95. The summed E-state index contributed by atoms with van der Waals surface area (Å²) in [4.78, 5) is 24.7. The van der Waals surface area contributed by atoms with Crippen LogP contribution in [0.1, 0.15) is 40.0 Å². The van der Waals surface area contributed by atoms with E-state index in [1.807, 2.05) is 80.6 Å². The van der Waals surface area contributed by atoms with Gasteiger partial charge in [0, 0.05) is 11.3 Å². The van der Waals surface area contributed by atoms with E-state index in [0.717, 1.165) is 16.7 Å². The molecule has 0 aliphatic heterocycles. The van der Waals surface area contributed by atoms with E-state index in [9.17, 15) is 9.59 Å². The van der Waals surface area contributed by atoms with Crippen LogP contribution in [0, 0.1) is 6.92 Å². The molecule has 1 atom stereocenters. The Morgan fingerprint density at radius 2 is 1.64 bits per heavy atom. The first kappa shape index (κ1) is 19.4. The van der Waals surface area contributed by atoms with Crippen molar-refractivity contribution < 1.29 is 9.59 Å². The topological polar surface area (TPSA) is 58.2 Å². The molecule has 4 nitrogen and oxygen atoms in total. The van der Waals surface area contributed by atoms with Gasteiger partial charge in [0.2, 0.25) is 5.91 Å². The number of rotatable bonds is 6. The number of nitrogens with one attached hydrogen (secondary N) is 2. The van der Waals surface area contributed by atoms with Gasteiger partial charge in [-0.25, -0.2) is 0 Å². The first-order valence-corrected chi connectivity index (χ1v) is 9.32. The molecular weight excluding hydrogens is 348 g/mol. The van der Waals surface area contributed by atoms with Gasteiger partial charge in [-0.2, -0.15) is 0 Å². The summed E-state index contributed by atoms with van der Waals surface area (Å²) in [6.07, 6.45) is 0.344. The lowest BCUT2D eigenvalue weighted by molar-refractivity contribution is -0.121. The second-order valence-corrected chi connectivity index (χ2v) is 6.90. The second kappa shape index (κ2) is 9.00. The molecule has 142 valence electrons. The van der Waals surface area contributed by atoms with Gasteiger partial charge in [-0.3, -0.25) is 9.59 Å². The van der Waals surface area contributed by atoms with Crippen molar-refractivity contribution in [3.8, 4) is 0 Å². The molecule has 3 rings (SSSR count). The minimum absolute atomic E-state index is 0.0307. The number of amides is 2. The molecule has 1 unspecified atom stereocenters. The lowest BCUT2D eigenvalue weighted by atomic mass is 10.1. The molecule has 0 heterocycles. The molecule has 0 saturated carbocycles. The molecule has 0 saturated heterocycles. The summed E-state index contributed by atoms with van der Waals surface area (Å²) in [7, 11) is 0. The predicted molar refractivity (Wildman–Crippen MR) is 112 cm³/mol. The average Bonchev–Trinajstić information content (AvgIpc) is 2.68. The minimum atomic E-state index is -0.161. The third kappa shape index (κ3) is 5.30. The Kier molecular flexibility index (Phi) is 6.22. The van der Waals surface area contributed by atoms with Crippen LogP contribution in [0.25, 0.3) is 0 Å². The molecule has 2 amide bonds. The standard InChI is InChI=1S/C24H24N2O2/c1-17-8-6-9-19(14-17)15-23(27)25-18(2)21-12-7-13-22(16-21)26-24(28)20-10-4-3-5-11-20/h3-14,16,18H,15H2,1-2H3,(H,25,27)(H,26,28). The largest absolute Gasteiger partial charge is 0.349 e. The number of hydrogen-bond donors (Lipinski definition) is 2. The molecule has 0 aliphatic carbocycles. The maximum atomic E-state index is 12.4. The fourth-order valence-corrected chi connectivity index (χ4v) is 3.06. The predicted octanol–water partition coefficient (Wildman–Crippen LogP) is 4.67. The molecule has 0 aromatic heterocycles. The van der Waals surface area contributed by atoms with Gasteiger partial charge in [0.05, 0.1) is 12.5 Å². The van der Waals surface area contributed by atoms with Crippen molar-refractivity contribution in [3.63, 3.8) is 0 Å².